The Balaban J connectivity index is 3.91. The largest absolute Gasteiger partial charge is 0.466 e. The highest BCUT2D eigenvalue weighted by Crippen LogP contribution is 1.92. The van der Waals surface area contributed by atoms with Gasteiger partial charge in [0.2, 0.25) is 6.10 Å². The second-order valence-electron chi connectivity index (χ2n) is 1.41. The van der Waals surface area contributed by atoms with Gasteiger partial charge in [0.25, 0.3) is 6.47 Å². The number of carbonyl (C=O) groups excluding carboxylic acids is 2. The Morgan fingerprint density at radius 2 is 2.30 bits per heavy atom. The van der Waals surface area contributed by atoms with Crippen molar-refractivity contribution in [3.63, 3.8) is 0 Å². The zero-order chi connectivity index (χ0) is 7.98. The second kappa shape index (κ2) is 4.55. The van der Waals surface area contributed by atoms with Gasteiger partial charge in [0.1, 0.15) is 0 Å². The molecule has 4 heteroatoms. The zero-order valence-electron chi connectivity index (χ0n) is 5.57. The van der Waals surface area contributed by atoms with Crippen molar-refractivity contribution in [2.45, 2.75) is 6.10 Å². The first-order chi connectivity index (χ1) is 4.76. The fourth-order valence-corrected chi connectivity index (χ4v) is 0.383. The third-order valence-electron chi connectivity index (χ3n) is 0.850. The maximum absolute atomic E-state index is 10.6. The van der Waals surface area contributed by atoms with Gasteiger partial charge in [0.15, 0.2) is 0 Å². The molecule has 0 fully saturated rings. The Hall–Kier alpha value is -1.32. The molecule has 0 heterocycles. The molecule has 0 amide bonds. The standard InChI is InChI=1S/C6H8O4/c1-3-5(10-4-7)6(8)9-2/h3-5H,1H2,2H3. The summed E-state index contributed by atoms with van der Waals surface area (Å²) in [6.45, 7) is 3.43. The number of carbonyl (C=O) groups is 2. The van der Waals surface area contributed by atoms with Crippen molar-refractivity contribution in [2.75, 3.05) is 7.11 Å². The first-order valence-corrected chi connectivity index (χ1v) is 2.55. The van der Waals surface area contributed by atoms with Crippen molar-refractivity contribution >= 4 is 12.4 Å². The first kappa shape index (κ1) is 8.68. The number of rotatable bonds is 4. The van der Waals surface area contributed by atoms with Crippen LogP contribution in [0, 0.1) is 0 Å². The zero-order valence-corrected chi connectivity index (χ0v) is 5.57. The van der Waals surface area contributed by atoms with Crippen molar-refractivity contribution in [2.24, 2.45) is 0 Å². The van der Waals surface area contributed by atoms with Crippen LogP contribution in [0.3, 0.4) is 0 Å². The third-order valence-corrected chi connectivity index (χ3v) is 0.850. The molecule has 56 valence electrons. The van der Waals surface area contributed by atoms with Crippen LogP contribution in [-0.4, -0.2) is 25.7 Å². The maximum Gasteiger partial charge on any atom is 0.351 e. The van der Waals surface area contributed by atoms with Gasteiger partial charge in [-0.3, -0.25) is 4.79 Å². The molecule has 0 spiro atoms. The number of hydrogen-bond donors (Lipinski definition) is 0. The van der Waals surface area contributed by atoms with Crippen LogP contribution >= 0.6 is 0 Å². The van der Waals surface area contributed by atoms with Crippen LogP contribution in [0.2, 0.25) is 0 Å². The summed E-state index contributed by atoms with van der Waals surface area (Å²) in [6.07, 6.45) is 0.197. The lowest BCUT2D eigenvalue weighted by atomic mass is 10.4. The Morgan fingerprint density at radius 3 is 2.60 bits per heavy atom. The van der Waals surface area contributed by atoms with Crippen LogP contribution in [0.15, 0.2) is 12.7 Å². The van der Waals surface area contributed by atoms with E-state index in [1.165, 1.54) is 13.2 Å². The summed E-state index contributed by atoms with van der Waals surface area (Å²) in [5.41, 5.74) is 0. The fourth-order valence-electron chi connectivity index (χ4n) is 0.383. The first-order valence-electron chi connectivity index (χ1n) is 2.55. The quantitative estimate of drug-likeness (QED) is 0.314. The monoisotopic (exact) mass is 144 g/mol. The lowest BCUT2D eigenvalue weighted by molar-refractivity contribution is -0.155. The molecular formula is C6H8O4. The average molecular weight is 144 g/mol. The van der Waals surface area contributed by atoms with Crippen LogP contribution in [0.1, 0.15) is 0 Å². The maximum atomic E-state index is 10.6. The van der Waals surface area contributed by atoms with Gasteiger partial charge in [0, 0.05) is 0 Å². The molecule has 1 atom stereocenters. The van der Waals surface area contributed by atoms with Gasteiger partial charge >= 0.3 is 5.97 Å². The Kier molecular flexibility index (Phi) is 3.95. The number of hydrogen-bond acceptors (Lipinski definition) is 4. The minimum Gasteiger partial charge on any atom is -0.466 e. The lowest BCUT2D eigenvalue weighted by Crippen LogP contribution is -2.22. The average Bonchev–Trinajstić information content (AvgIpc) is 1.99. The molecule has 0 rings (SSSR count). The van der Waals surface area contributed by atoms with Gasteiger partial charge in [-0.05, 0) is 6.08 Å². The molecule has 0 aliphatic heterocycles. The number of ether oxygens (including phenoxy) is 2. The van der Waals surface area contributed by atoms with E-state index in [1.54, 1.807) is 0 Å². The minimum atomic E-state index is -0.984. The molecule has 10 heavy (non-hydrogen) atoms. The van der Waals surface area contributed by atoms with E-state index < -0.39 is 12.1 Å². The van der Waals surface area contributed by atoms with Gasteiger partial charge < -0.3 is 9.47 Å². The molecule has 0 N–H and O–H groups in total. The van der Waals surface area contributed by atoms with Crippen LogP contribution in [-0.2, 0) is 19.1 Å². The highest BCUT2D eigenvalue weighted by molar-refractivity contribution is 5.77. The Morgan fingerprint density at radius 1 is 1.70 bits per heavy atom. The molecule has 0 aromatic carbocycles. The summed E-state index contributed by atoms with van der Waals surface area (Å²) in [5, 5.41) is 0. The molecule has 0 saturated heterocycles. The smallest absolute Gasteiger partial charge is 0.351 e. The van der Waals surface area contributed by atoms with Gasteiger partial charge in [-0.2, -0.15) is 0 Å². The van der Waals surface area contributed by atoms with E-state index in [1.807, 2.05) is 0 Å². The van der Waals surface area contributed by atoms with E-state index in [-0.39, 0.29) is 6.47 Å². The topological polar surface area (TPSA) is 52.6 Å². The van der Waals surface area contributed by atoms with E-state index in [2.05, 4.69) is 16.1 Å². The lowest BCUT2D eigenvalue weighted by Gasteiger charge is -2.05. The van der Waals surface area contributed by atoms with Crippen molar-refractivity contribution in [3.8, 4) is 0 Å². The highest BCUT2D eigenvalue weighted by Gasteiger charge is 2.14. The molecule has 0 aromatic heterocycles. The summed E-state index contributed by atoms with van der Waals surface area (Å²) in [6, 6.07) is 0. The van der Waals surface area contributed by atoms with E-state index in [0.29, 0.717) is 0 Å². The predicted octanol–water partition coefficient (Wildman–Crippen LogP) is -0.113. The molecule has 0 bridgehead atoms. The summed E-state index contributed by atoms with van der Waals surface area (Å²) in [4.78, 5) is 20.3. The van der Waals surface area contributed by atoms with Gasteiger partial charge in [-0.15, -0.1) is 0 Å². The van der Waals surface area contributed by atoms with Crippen LogP contribution in [0.4, 0.5) is 0 Å². The van der Waals surface area contributed by atoms with E-state index in [9.17, 15) is 9.59 Å². The van der Waals surface area contributed by atoms with E-state index in [0.717, 1.165) is 0 Å². The summed E-state index contributed by atoms with van der Waals surface area (Å²) in [7, 11) is 1.20. The number of methoxy groups -OCH3 is 1. The van der Waals surface area contributed by atoms with Crippen LogP contribution in [0.5, 0.6) is 0 Å². The van der Waals surface area contributed by atoms with Crippen LogP contribution < -0.4 is 0 Å². The van der Waals surface area contributed by atoms with Crippen molar-refractivity contribution < 1.29 is 19.1 Å². The minimum absolute atomic E-state index is 0.170. The van der Waals surface area contributed by atoms with Crippen molar-refractivity contribution in [1.82, 2.24) is 0 Å². The molecule has 0 aromatic rings. The molecule has 4 nitrogen and oxygen atoms in total. The molecule has 0 aliphatic rings. The highest BCUT2D eigenvalue weighted by atomic mass is 16.6. The Labute approximate surface area is 58.4 Å². The van der Waals surface area contributed by atoms with Gasteiger partial charge in [-0.1, -0.05) is 6.58 Å². The molecule has 1 unspecified atom stereocenters. The molecular weight excluding hydrogens is 136 g/mol. The molecule has 0 aliphatic carbocycles. The van der Waals surface area contributed by atoms with Crippen molar-refractivity contribution in [3.05, 3.63) is 12.7 Å². The summed E-state index contributed by atoms with van der Waals surface area (Å²) >= 11 is 0. The fraction of sp³-hybridized carbons (Fsp3) is 0.333. The van der Waals surface area contributed by atoms with E-state index >= 15 is 0 Å². The predicted molar refractivity (Wildman–Crippen MR) is 33.1 cm³/mol. The SMILES string of the molecule is C=CC(OC=O)C(=O)OC. The van der Waals surface area contributed by atoms with Gasteiger partial charge in [-0.25, -0.2) is 4.79 Å². The van der Waals surface area contributed by atoms with Crippen LogP contribution in [0.25, 0.3) is 0 Å². The second-order valence-corrected chi connectivity index (χ2v) is 1.41. The van der Waals surface area contributed by atoms with Gasteiger partial charge in [0.05, 0.1) is 7.11 Å². The summed E-state index contributed by atoms with van der Waals surface area (Å²) in [5.74, 6) is -0.637. The normalized spacial score (nSPS) is 11.3. The van der Waals surface area contributed by atoms with E-state index in [4.69, 9.17) is 0 Å². The Bertz CT molecular complexity index is 141. The molecule has 0 radical (unpaired) electrons. The molecule has 0 saturated carbocycles. The summed E-state index contributed by atoms with van der Waals surface area (Å²) < 4.78 is 8.53. The third kappa shape index (κ3) is 2.30. The van der Waals surface area contributed by atoms with Crippen molar-refractivity contribution in [1.29, 1.82) is 0 Å². The number of esters is 1.